The molecular weight excluding hydrogens is 176 g/mol. The van der Waals surface area contributed by atoms with E-state index in [2.05, 4.69) is 10.1 Å². The number of hydrogen-bond donors (Lipinski definition) is 0. The summed E-state index contributed by atoms with van der Waals surface area (Å²) in [5.74, 6) is 1.05. The van der Waals surface area contributed by atoms with Gasteiger partial charge in [-0.2, -0.15) is 9.61 Å². The van der Waals surface area contributed by atoms with Gasteiger partial charge in [-0.15, -0.1) is 0 Å². The number of aryl methyl sites for hydroxylation is 2. The molecule has 0 aliphatic carbocycles. The lowest BCUT2D eigenvalue weighted by molar-refractivity contribution is 0.881. The summed E-state index contributed by atoms with van der Waals surface area (Å²) in [6, 6.07) is 1.96. The molecule has 14 heavy (non-hydrogen) atoms. The van der Waals surface area contributed by atoms with Gasteiger partial charge in [-0.05, 0) is 19.9 Å². The summed E-state index contributed by atoms with van der Waals surface area (Å²) in [5.41, 5.74) is 3.12. The number of rotatable bonds is 1. The van der Waals surface area contributed by atoms with E-state index in [1.807, 2.05) is 49.6 Å². The number of aromatic nitrogens is 3. The van der Waals surface area contributed by atoms with E-state index in [1.54, 1.807) is 0 Å². The maximum atomic E-state index is 4.45. The fourth-order valence-electron chi connectivity index (χ4n) is 1.49. The summed E-state index contributed by atoms with van der Waals surface area (Å²) < 4.78 is 1.88. The summed E-state index contributed by atoms with van der Waals surface area (Å²) >= 11 is 0. The van der Waals surface area contributed by atoms with Gasteiger partial charge < -0.3 is 4.90 Å². The molecule has 74 valence electrons. The average Bonchev–Trinajstić information content (AvgIpc) is 2.43. The molecule has 4 nitrogen and oxygen atoms in total. The first-order valence-corrected chi connectivity index (χ1v) is 4.59. The Kier molecular flexibility index (Phi) is 1.91. The number of hydrogen-bond acceptors (Lipinski definition) is 3. The zero-order valence-electron chi connectivity index (χ0n) is 8.94. The van der Waals surface area contributed by atoms with Crippen molar-refractivity contribution in [1.82, 2.24) is 14.6 Å². The van der Waals surface area contributed by atoms with Gasteiger partial charge in [0.15, 0.2) is 5.65 Å². The van der Waals surface area contributed by atoms with E-state index in [9.17, 15) is 0 Å². The number of fused-ring (bicyclic) bond motifs is 1. The third-order valence-corrected chi connectivity index (χ3v) is 2.42. The van der Waals surface area contributed by atoms with Crippen molar-refractivity contribution in [3.8, 4) is 0 Å². The van der Waals surface area contributed by atoms with E-state index >= 15 is 0 Å². The first-order valence-electron chi connectivity index (χ1n) is 4.59. The Balaban J connectivity index is 2.81. The van der Waals surface area contributed by atoms with Crippen molar-refractivity contribution in [3.63, 3.8) is 0 Å². The Morgan fingerprint density at radius 3 is 2.64 bits per heavy atom. The smallest absolute Gasteiger partial charge is 0.160 e. The Morgan fingerprint density at radius 1 is 1.29 bits per heavy atom. The monoisotopic (exact) mass is 190 g/mol. The minimum Gasteiger partial charge on any atom is -0.363 e. The average molecular weight is 190 g/mol. The van der Waals surface area contributed by atoms with Crippen LogP contribution < -0.4 is 4.90 Å². The van der Waals surface area contributed by atoms with Crippen LogP contribution >= 0.6 is 0 Å². The Labute approximate surface area is 83.2 Å². The van der Waals surface area contributed by atoms with E-state index in [4.69, 9.17) is 0 Å². The third-order valence-electron chi connectivity index (χ3n) is 2.42. The van der Waals surface area contributed by atoms with Crippen LogP contribution in [0.1, 0.15) is 11.3 Å². The topological polar surface area (TPSA) is 33.4 Å². The van der Waals surface area contributed by atoms with Gasteiger partial charge in [0.25, 0.3) is 0 Å². The van der Waals surface area contributed by atoms with Gasteiger partial charge in [-0.1, -0.05) is 0 Å². The number of anilines is 1. The van der Waals surface area contributed by atoms with E-state index < -0.39 is 0 Å². The molecule has 0 atom stereocenters. The molecule has 0 bridgehead atoms. The second-order valence-corrected chi connectivity index (χ2v) is 3.64. The Morgan fingerprint density at radius 2 is 2.00 bits per heavy atom. The summed E-state index contributed by atoms with van der Waals surface area (Å²) in [5, 5.41) is 4.45. The molecule has 0 spiro atoms. The van der Waals surface area contributed by atoms with Crippen LogP contribution in [0.15, 0.2) is 12.3 Å². The highest BCUT2D eigenvalue weighted by molar-refractivity contribution is 5.54. The van der Waals surface area contributed by atoms with Crippen molar-refractivity contribution < 1.29 is 0 Å². The van der Waals surface area contributed by atoms with Gasteiger partial charge in [0.2, 0.25) is 0 Å². The van der Waals surface area contributed by atoms with Crippen LogP contribution in [0.25, 0.3) is 5.65 Å². The highest BCUT2D eigenvalue weighted by atomic mass is 15.3. The van der Waals surface area contributed by atoms with Crippen LogP contribution in [0.5, 0.6) is 0 Å². The molecule has 0 radical (unpaired) electrons. The van der Waals surface area contributed by atoms with Crippen molar-refractivity contribution in [3.05, 3.63) is 23.5 Å². The van der Waals surface area contributed by atoms with E-state index in [0.29, 0.717) is 0 Å². The molecule has 0 aliphatic rings. The molecule has 0 saturated carbocycles. The van der Waals surface area contributed by atoms with Gasteiger partial charge >= 0.3 is 0 Å². The minimum absolute atomic E-state index is 0.939. The second-order valence-electron chi connectivity index (χ2n) is 3.64. The molecule has 0 aliphatic heterocycles. The van der Waals surface area contributed by atoms with E-state index in [0.717, 1.165) is 22.7 Å². The Hall–Kier alpha value is -1.58. The van der Waals surface area contributed by atoms with Gasteiger partial charge in [-0.25, -0.2) is 4.98 Å². The standard InChI is InChI=1S/C10H14N4/c1-7-8(2)12-14-9(13(3)4)5-6-11-10(7)14/h5-6H,1-4H3. The van der Waals surface area contributed by atoms with Crippen molar-refractivity contribution in [2.24, 2.45) is 0 Å². The largest absolute Gasteiger partial charge is 0.363 e. The van der Waals surface area contributed by atoms with Gasteiger partial charge in [0.1, 0.15) is 5.82 Å². The third kappa shape index (κ3) is 1.14. The zero-order chi connectivity index (χ0) is 10.3. The molecule has 0 unspecified atom stereocenters. The van der Waals surface area contributed by atoms with Crippen LogP contribution in [0.2, 0.25) is 0 Å². The zero-order valence-corrected chi connectivity index (χ0v) is 8.94. The molecule has 0 saturated heterocycles. The van der Waals surface area contributed by atoms with Crippen molar-refractivity contribution in [1.29, 1.82) is 0 Å². The van der Waals surface area contributed by atoms with Gasteiger partial charge in [0.05, 0.1) is 5.69 Å². The van der Waals surface area contributed by atoms with Crippen LogP contribution in [0.4, 0.5) is 5.82 Å². The van der Waals surface area contributed by atoms with Gasteiger partial charge in [0, 0.05) is 25.9 Å². The maximum Gasteiger partial charge on any atom is 0.160 e. The maximum absolute atomic E-state index is 4.45. The highest BCUT2D eigenvalue weighted by Gasteiger charge is 2.09. The predicted octanol–water partition coefficient (Wildman–Crippen LogP) is 1.41. The summed E-state index contributed by atoms with van der Waals surface area (Å²) in [6.07, 6.45) is 1.82. The lowest BCUT2D eigenvalue weighted by Crippen LogP contribution is -2.13. The van der Waals surface area contributed by atoms with Crippen LogP contribution in [-0.2, 0) is 0 Å². The van der Waals surface area contributed by atoms with Gasteiger partial charge in [-0.3, -0.25) is 0 Å². The molecular formula is C10H14N4. The molecule has 2 heterocycles. The molecule has 0 N–H and O–H groups in total. The lowest BCUT2D eigenvalue weighted by atomic mass is 10.3. The molecule has 0 fully saturated rings. The molecule has 0 aromatic carbocycles. The highest BCUT2D eigenvalue weighted by Crippen LogP contribution is 2.17. The fraction of sp³-hybridized carbons (Fsp3) is 0.400. The van der Waals surface area contributed by atoms with E-state index in [-0.39, 0.29) is 0 Å². The van der Waals surface area contributed by atoms with Crippen molar-refractivity contribution >= 4 is 11.5 Å². The van der Waals surface area contributed by atoms with Crippen LogP contribution in [0.3, 0.4) is 0 Å². The van der Waals surface area contributed by atoms with Crippen molar-refractivity contribution in [2.75, 3.05) is 19.0 Å². The summed E-state index contributed by atoms with van der Waals surface area (Å²) in [7, 11) is 4.00. The molecule has 2 aromatic heterocycles. The summed E-state index contributed by atoms with van der Waals surface area (Å²) in [4.78, 5) is 6.35. The molecule has 2 rings (SSSR count). The van der Waals surface area contributed by atoms with Crippen LogP contribution in [0, 0.1) is 13.8 Å². The normalized spacial score (nSPS) is 10.9. The molecule has 0 amide bonds. The van der Waals surface area contributed by atoms with Crippen LogP contribution in [-0.4, -0.2) is 28.7 Å². The fourth-order valence-corrected chi connectivity index (χ4v) is 1.49. The SMILES string of the molecule is Cc1nn2c(N(C)C)ccnc2c1C. The minimum atomic E-state index is 0.939. The first-order chi connectivity index (χ1) is 6.61. The Bertz CT molecular complexity index is 470. The number of nitrogens with zero attached hydrogens (tertiary/aromatic N) is 4. The predicted molar refractivity (Wildman–Crippen MR) is 56.8 cm³/mol. The quantitative estimate of drug-likeness (QED) is 0.681. The van der Waals surface area contributed by atoms with E-state index in [1.165, 1.54) is 0 Å². The first kappa shape index (κ1) is 8.99. The van der Waals surface area contributed by atoms with Crippen molar-refractivity contribution in [2.45, 2.75) is 13.8 Å². The molecule has 4 heteroatoms. The second kappa shape index (κ2) is 2.97. The lowest BCUT2D eigenvalue weighted by Gasteiger charge is -2.12. The molecule has 2 aromatic rings. The summed E-state index contributed by atoms with van der Waals surface area (Å²) in [6.45, 7) is 4.05.